The van der Waals surface area contributed by atoms with E-state index in [0.29, 0.717) is 11.2 Å². The van der Waals surface area contributed by atoms with Crippen LogP contribution in [0.1, 0.15) is 25.5 Å². The van der Waals surface area contributed by atoms with Crippen molar-refractivity contribution in [2.45, 2.75) is 32.4 Å². The van der Waals surface area contributed by atoms with Crippen LogP contribution in [0, 0.1) is 0 Å². The molecule has 100 valence electrons. The second-order valence-corrected chi connectivity index (χ2v) is 5.39. The fraction of sp³-hybridized carbons (Fsp3) is 0.667. The van der Waals surface area contributed by atoms with E-state index in [1.54, 1.807) is 7.11 Å². The molecule has 0 spiro atoms. The minimum absolute atomic E-state index is 0.0724. The number of nitrogens with zero attached hydrogens (tertiary/aromatic N) is 2. The van der Waals surface area contributed by atoms with Gasteiger partial charge in [-0.1, -0.05) is 0 Å². The molecule has 1 aliphatic heterocycles. The zero-order chi connectivity index (χ0) is 13.0. The van der Waals surface area contributed by atoms with Crippen molar-refractivity contribution in [1.82, 2.24) is 9.88 Å². The Kier molecular flexibility index (Phi) is 4.68. The Labute approximate surface area is 111 Å². The molecule has 1 N–H and O–H groups in total. The molecule has 1 aromatic rings. The molecule has 5 nitrogen and oxygen atoms in total. The van der Waals surface area contributed by atoms with Crippen molar-refractivity contribution in [3.63, 3.8) is 0 Å². The van der Waals surface area contributed by atoms with Crippen LogP contribution in [0.25, 0.3) is 0 Å². The van der Waals surface area contributed by atoms with E-state index < -0.39 is 0 Å². The van der Waals surface area contributed by atoms with Gasteiger partial charge < -0.3 is 10.1 Å². The molecular weight excluding hydrogens is 250 g/mol. The molecule has 1 saturated heterocycles. The van der Waals surface area contributed by atoms with Gasteiger partial charge in [0.15, 0.2) is 5.13 Å². The maximum absolute atomic E-state index is 10.9. The molecule has 0 unspecified atom stereocenters. The summed E-state index contributed by atoms with van der Waals surface area (Å²) in [5.41, 5.74) is 1.03. The SMILES string of the molecule is COC1CCN(Cc2csc(NC(C)=O)n2)CC1. The van der Waals surface area contributed by atoms with E-state index >= 15 is 0 Å². The van der Waals surface area contributed by atoms with E-state index in [-0.39, 0.29) is 5.91 Å². The molecule has 0 saturated carbocycles. The van der Waals surface area contributed by atoms with Crippen molar-refractivity contribution >= 4 is 22.4 Å². The molecule has 0 bridgehead atoms. The third-order valence-electron chi connectivity index (χ3n) is 3.09. The van der Waals surface area contributed by atoms with E-state index in [2.05, 4.69) is 15.2 Å². The number of carbonyl (C=O) groups is 1. The quantitative estimate of drug-likeness (QED) is 0.904. The highest BCUT2D eigenvalue weighted by Crippen LogP contribution is 2.19. The predicted molar refractivity (Wildman–Crippen MR) is 71.7 cm³/mol. The minimum atomic E-state index is -0.0724. The molecule has 1 aliphatic rings. The van der Waals surface area contributed by atoms with Crippen molar-refractivity contribution < 1.29 is 9.53 Å². The normalized spacial score (nSPS) is 17.9. The van der Waals surface area contributed by atoms with Gasteiger partial charge in [0, 0.05) is 39.0 Å². The van der Waals surface area contributed by atoms with E-state index in [1.807, 2.05) is 5.38 Å². The Bertz CT molecular complexity index is 400. The smallest absolute Gasteiger partial charge is 0.223 e. The van der Waals surface area contributed by atoms with Gasteiger partial charge in [-0.2, -0.15) is 0 Å². The summed E-state index contributed by atoms with van der Waals surface area (Å²) in [4.78, 5) is 17.7. The number of anilines is 1. The molecule has 1 fully saturated rings. The fourth-order valence-electron chi connectivity index (χ4n) is 2.12. The van der Waals surface area contributed by atoms with Gasteiger partial charge in [0.25, 0.3) is 0 Å². The standard InChI is InChI=1S/C12H19N3O2S/c1-9(16)13-12-14-10(8-18-12)7-15-5-3-11(17-2)4-6-15/h8,11H,3-7H2,1-2H3,(H,13,14,16). The van der Waals surface area contributed by atoms with Gasteiger partial charge in [-0.25, -0.2) is 4.98 Å². The number of likely N-dealkylation sites (tertiary alicyclic amines) is 1. The number of methoxy groups -OCH3 is 1. The molecular formula is C12H19N3O2S. The number of aromatic nitrogens is 1. The molecule has 0 aromatic carbocycles. The van der Waals surface area contributed by atoms with E-state index in [9.17, 15) is 4.79 Å². The van der Waals surface area contributed by atoms with E-state index in [1.165, 1.54) is 18.3 Å². The van der Waals surface area contributed by atoms with Gasteiger partial charge in [0.1, 0.15) is 0 Å². The first-order valence-corrected chi connectivity index (χ1v) is 7.02. The molecule has 6 heteroatoms. The predicted octanol–water partition coefficient (Wildman–Crippen LogP) is 1.71. The summed E-state index contributed by atoms with van der Waals surface area (Å²) in [7, 11) is 1.78. The summed E-state index contributed by atoms with van der Waals surface area (Å²) in [6.45, 7) is 4.44. The second-order valence-electron chi connectivity index (χ2n) is 4.54. The highest BCUT2D eigenvalue weighted by molar-refractivity contribution is 7.13. The first kappa shape index (κ1) is 13.5. The Morgan fingerprint density at radius 3 is 2.94 bits per heavy atom. The highest BCUT2D eigenvalue weighted by Gasteiger charge is 2.19. The maximum Gasteiger partial charge on any atom is 0.223 e. The average Bonchev–Trinajstić information content (AvgIpc) is 2.76. The lowest BCUT2D eigenvalue weighted by Gasteiger charge is -2.30. The number of thiazole rings is 1. The number of hydrogen-bond donors (Lipinski definition) is 1. The number of amides is 1. The van der Waals surface area contributed by atoms with Gasteiger partial charge in [0.05, 0.1) is 11.8 Å². The number of piperidine rings is 1. The third-order valence-corrected chi connectivity index (χ3v) is 3.89. The van der Waals surface area contributed by atoms with E-state index in [4.69, 9.17) is 4.74 Å². The summed E-state index contributed by atoms with van der Waals surface area (Å²) in [6.07, 6.45) is 2.57. The lowest BCUT2D eigenvalue weighted by molar-refractivity contribution is -0.114. The largest absolute Gasteiger partial charge is 0.381 e. The Morgan fingerprint density at radius 1 is 1.61 bits per heavy atom. The van der Waals surface area contributed by atoms with Crippen molar-refractivity contribution in [2.24, 2.45) is 0 Å². The van der Waals surface area contributed by atoms with Gasteiger partial charge in [0.2, 0.25) is 5.91 Å². The first-order chi connectivity index (χ1) is 8.67. The van der Waals surface area contributed by atoms with Crippen LogP contribution >= 0.6 is 11.3 Å². The lowest BCUT2D eigenvalue weighted by Crippen LogP contribution is -2.36. The summed E-state index contributed by atoms with van der Waals surface area (Å²) in [5.74, 6) is -0.0724. The van der Waals surface area contributed by atoms with Crippen LogP contribution in [-0.4, -0.2) is 42.1 Å². The van der Waals surface area contributed by atoms with Crippen LogP contribution in [0.2, 0.25) is 0 Å². The Balaban J connectivity index is 1.83. The van der Waals surface area contributed by atoms with Crippen LogP contribution in [0.4, 0.5) is 5.13 Å². The van der Waals surface area contributed by atoms with Crippen LogP contribution in [0.5, 0.6) is 0 Å². The van der Waals surface area contributed by atoms with Crippen molar-refractivity contribution in [3.05, 3.63) is 11.1 Å². The second kappa shape index (κ2) is 6.26. The number of ether oxygens (including phenoxy) is 1. The number of hydrogen-bond acceptors (Lipinski definition) is 5. The Hall–Kier alpha value is -0.980. The topological polar surface area (TPSA) is 54.5 Å². The highest BCUT2D eigenvalue weighted by atomic mass is 32.1. The third kappa shape index (κ3) is 3.76. The zero-order valence-corrected chi connectivity index (χ0v) is 11.6. The fourth-order valence-corrected chi connectivity index (χ4v) is 2.87. The molecule has 1 aromatic heterocycles. The van der Waals surface area contributed by atoms with Crippen LogP contribution in [-0.2, 0) is 16.1 Å². The van der Waals surface area contributed by atoms with Crippen LogP contribution < -0.4 is 5.32 Å². The summed E-state index contributed by atoms with van der Waals surface area (Å²) in [5, 5.41) is 5.40. The van der Waals surface area contributed by atoms with Crippen molar-refractivity contribution in [1.29, 1.82) is 0 Å². The van der Waals surface area contributed by atoms with Gasteiger partial charge in [-0.3, -0.25) is 9.69 Å². The van der Waals surface area contributed by atoms with Gasteiger partial charge in [-0.15, -0.1) is 11.3 Å². The molecule has 0 atom stereocenters. The molecule has 2 rings (SSSR count). The van der Waals surface area contributed by atoms with Crippen molar-refractivity contribution in [2.75, 3.05) is 25.5 Å². The Morgan fingerprint density at radius 2 is 2.33 bits per heavy atom. The number of rotatable bonds is 4. The van der Waals surface area contributed by atoms with E-state index in [0.717, 1.165) is 38.2 Å². The summed E-state index contributed by atoms with van der Waals surface area (Å²) < 4.78 is 5.35. The zero-order valence-electron chi connectivity index (χ0n) is 10.8. The first-order valence-electron chi connectivity index (χ1n) is 6.14. The van der Waals surface area contributed by atoms with Crippen LogP contribution in [0.15, 0.2) is 5.38 Å². The van der Waals surface area contributed by atoms with Gasteiger partial charge in [-0.05, 0) is 12.8 Å². The molecule has 2 heterocycles. The molecule has 0 radical (unpaired) electrons. The lowest BCUT2D eigenvalue weighted by atomic mass is 10.1. The molecule has 1 amide bonds. The molecule has 0 aliphatic carbocycles. The van der Waals surface area contributed by atoms with Gasteiger partial charge >= 0.3 is 0 Å². The monoisotopic (exact) mass is 269 g/mol. The maximum atomic E-state index is 10.9. The summed E-state index contributed by atoms with van der Waals surface area (Å²) >= 11 is 1.48. The summed E-state index contributed by atoms with van der Waals surface area (Å²) in [6, 6.07) is 0. The number of carbonyl (C=O) groups excluding carboxylic acids is 1. The number of nitrogens with one attached hydrogen (secondary N) is 1. The average molecular weight is 269 g/mol. The van der Waals surface area contributed by atoms with Crippen molar-refractivity contribution in [3.8, 4) is 0 Å². The minimum Gasteiger partial charge on any atom is -0.381 e. The molecule has 18 heavy (non-hydrogen) atoms. The van der Waals surface area contributed by atoms with Crippen LogP contribution in [0.3, 0.4) is 0 Å².